The van der Waals surface area contributed by atoms with Gasteiger partial charge in [0.25, 0.3) is 0 Å². The lowest BCUT2D eigenvalue weighted by Crippen LogP contribution is -2.23. The molecule has 0 fully saturated rings. The van der Waals surface area contributed by atoms with Gasteiger partial charge in [0.1, 0.15) is 5.82 Å². The van der Waals surface area contributed by atoms with Gasteiger partial charge in [0, 0.05) is 28.6 Å². The summed E-state index contributed by atoms with van der Waals surface area (Å²) in [6.45, 7) is 0.312. The Balaban J connectivity index is 1.45. The zero-order chi connectivity index (χ0) is 20.8. The van der Waals surface area contributed by atoms with Crippen LogP contribution in [0.3, 0.4) is 0 Å². The Morgan fingerprint density at radius 2 is 1.67 bits per heavy atom. The molecule has 0 radical (unpaired) electrons. The zero-order valence-electron chi connectivity index (χ0n) is 16.4. The molecule has 0 saturated carbocycles. The molecule has 0 bridgehead atoms. The Kier molecular flexibility index (Phi) is 5.91. The third-order valence-electron chi connectivity index (χ3n) is 4.93. The summed E-state index contributed by atoms with van der Waals surface area (Å²) in [4.78, 5) is 15.8. The molecule has 0 unspecified atom stereocenters. The second-order valence-corrected chi connectivity index (χ2v) is 6.98. The van der Waals surface area contributed by atoms with Gasteiger partial charge < -0.3 is 10.3 Å². The van der Waals surface area contributed by atoms with Crippen LogP contribution < -0.4 is 5.32 Å². The lowest BCUT2D eigenvalue weighted by molar-refractivity contribution is -0.120. The van der Waals surface area contributed by atoms with Crippen LogP contribution in [0.2, 0.25) is 0 Å². The fourth-order valence-electron chi connectivity index (χ4n) is 3.46. The summed E-state index contributed by atoms with van der Waals surface area (Å²) < 4.78 is 13.3. The molecular weight excluding hydrogens is 375 g/mol. The van der Waals surface area contributed by atoms with E-state index < -0.39 is 0 Å². The van der Waals surface area contributed by atoms with Crippen molar-refractivity contribution in [2.75, 3.05) is 6.54 Å². The molecule has 4 rings (SSSR count). The van der Waals surface area contributed by atoms with Gasteiger partial charge in [0.05, 0.1) is 6.54 Å². The lowest BCUT2D eigenvalue weighted by Gasteiger charge is -2.06. The average molecular weight is 396 g/mol. The van der Waals surface area contributed by atoms with Crippen molar-refractivity contribution >= 4 is 16.8 Å². The van der Waals surface area contributed by atoms with E-state index in [2.05, 4.69) is 22.1 Å². The predicted molar refractivity (Wildman–Crippen MR) is 118 cm³/mol. The minimum absolute atomic E-state index is 0.0484. The summed E-state index contributed by atoms with van der Waals surface area (Å²) in [6, 6.07) is 24.1. The molecule has 0 aliphatic carbocycles. The van der Waals surface area contributed by atoms with E-state index in [1.165, 1.54) is 12.1 Å². The van der Waals surface area contributed by atoms with Crippen molar-refractivity contribution in [1.29, 1.82) is 0 Å². The van der Waals surface area contributed by atoms with Gasteiger partial charge in [-0.25, -0.2) is 4.39 Å². The molecule has 0 atom stereocenters. The Morgan fingerprint density at radius 1 is 0.933 bits per heavy atom. The van der Waals surface area contributed by atoms with E-state index in [4.69, 9.17) is 0 Å². The summed E-state index contributed by atoms with van der Waals surface area (Å²) in [5, 5.41) is 3.94. The van der Waals surface area contributed by atoms with Gasteiger partial charge in [0.15, 0.2) is 0 Å². The van der Waals surface area contributed by atoms with E-state index in [9.17, 15) is 9.18 Å². The minimum Gasteiger partial charge on any atom is -0.354 e. The van der Waals surface area contributed by atoms with Crippen LogP contribution in [-0.4, -0.2) is 17.4 Å². The first kappa shape index (κ1) is 19.5. The molecule has 4 heteroatoms. The number of hydrogen-bond acceptors (Lipinski definition) is 1. The van der Waals surface area contributed by atoms with E-state index >= 15 is 0 Å². The molecule has 4 aromatic rings. The number of hydrogen-bond donors (Lipinski definition) is 2. The molecule has 1 heterocycles. The number of amides is 1. The third-order valence-corrected chi connectivity index (χ3v) is 4.93. The molecule has 0 saturated heterocycles. The van der Waals surface area contributed by atoms with Crippen molar-refractivity contribution in [3.05, 3.63) is 95.8 Å². The van der Waals surface area contributed by atoms with Crippen LogP contribution in [0.15, 0.2) is 78.9 Å². The van der Waals surface area contributed by atoms with Crippen LogP contribution >= 0.6 is 0 Å². The number of H-pyrrole nitrogens is 1. The smallest absolute Gasteiger partial charge is 0.221 e. The zero-order valence-corrected chi connectivity index (χ0v) is 16.4. The Hall–Kier alpha value is -3.84. The molecule has 0 spiro atoms. The standard InChI is InChI=1S/C26H21FN2O/c27-21-14-12-20(13-15-21)26-23(22-10-4-5-11-24(22)29-26)16-17-25(30)28-18-6-9-19-7-2-1-3-8-19/h1-5,7-8,10-15,29H,16-18H2,(H,28,30). The molecule has 30 heavy (non-hydrogen) atoms. The Morgan fingerprint density at radius 3 is 2.47 bits per heavy atom. The van der Waals surface area contributed by atoms with Crippen molar-refractivity contribution in [1.82, 2.24) is 10.3 Å². The fourth-order valence-corrected chi connectivity index (χ4v) is 3.46. The minimum atomic E-state index is -0.271. The molecule has 3 nitrogen and oxygen atoms in total. The SMILES string of the molecule is O=C(CCc1c(-c2ccc(F)cc2)[nH]c2ccccc12)NCC#Cc1ccccc1. The van der Waals surface area contributed by atoms with Crippen LogP contribution in [0.1, 0.15) is 17.5 Å². The molecule has 0 aliphatic heterocycles. The topological polar surface area (TPSA) is 44.9 Å². The van der Waals surface area contributed by atoms with Gasteiger partial charge >= 0.3 is 0 Å². The Labute approximate surface area is 175 Å². The highest BCUT2D eigenvalue weighted by Crippen LogP contribution is 2.31. The molecule has 3 aromatic carbocycles. The van der Waals surface area contributed by atoms with Crippen molar-refractivity contribution in [3.8, 4) is 23.1 Å². The second kappa shape index (κ2) is 9.11. The second-order valence-electron chi connectivity index (χ2n) is 6.98. The van der Waals surface area contributed by atoms with Crippen molar-refractivity contribution in [2.24, 2.45) is 0 Å². The first-order chi connectivity index (χ1) is 14.7. The number of aromatic amines is 1. The van der Waals surface area contributed by atoms with Gasteiger partial charge in [-0.2, -0.15) is 0 Å². The highest BCUT2D eigenvalue weighted by Gasteiger charge is 2.14. The highest BCUT2D eigenvalue weighted by molar-refractivity contribution is 5.91. The molecule has 1 aromatic heterocycles. The maximum Gasteiger partial charge on any atom is 0.221 e. The molecular formula is C26H21FN2O. The number of aryl methyl sites for hydroxylation is 1. The monoisotopic (exact) mass is 396 g/mol. The average Bonchev–Trinajstić information content (AvgIpc) is 3.15. The van der Waals surface area contributed by atoms with Crippen LogP contribution in [0.25, 0.3) is 22.2 Å². The highest BCUT2D eigenvalue weighted by atomic mass is 19.1. The number of halogens is 1. The van der Waals surface area contributed by atoms with Crippen LogP contribution in [0, 0.1) is 17.7 Å². The fraction of sp³-hybridized carbons (Fsp3) is 0.115. The van der Waals surface area contributed by atoms with Gasteiger partial charge in [0.2, 0.25) is 5.91 Å². The largest absolute Gasteiger partial charge is 0.354 e. The molecule has 148 valence electrons. The predicted octanol–water partition coefficient (Wildman–Crippen LogP) is 5.07. The number of fused-ring (bicyclic) bond motifs is 1. The summed E-state index contributed by atoms with van der Waals surface area (Å²) in [6.07, 6.45) is 0.928. The van der Waals surface area contributed by atoms with E-state index in [1.54, 1.807) is 12.1 Å². The summed E-state index contributed by atoms with van der Waals surface area (Å²) in [5.41, 5.74) is 4.81. The number of para-hydroxylation sites is 1. The van der Waals surface area contributed by atoms with Gasteiger partial charge in [-0.05, 0) is 60.0 Å². The Bertz CT molecular complexity index is 1210. The number of rotatable bonds is 5. The molecule has 0 aliphatic rings. The number of carbonyl (C=O) groups excluding carboxylic acids is 1. The normalized spacial score (nSPS) is 10.4. The summed E-state index contributed by atoms with van der Waals surface area (Å²) >= 11 is 0. The van der Waals surface area contributed by atoms with Gasteiger partial charge in [-0.3, -0.25) is 4.79 Å². The number of benzene rings is 3. The summed E-state index contributed by atoms with van der Waals surface area (Å²) in [5.74, 6) is 5.68. The first-order valence-corrected chi connectivity index (χ1v) is 9.87. The van der Waals surface area contributed by atoms with Crippen LogP contribution in [0.5, 0.6) is 0 Å². The van der Waals surface area contributed by atoms with Crippen molar-refractivity contribution < 1.29 is 9.18 Å². The van der Waals surface area contributed by atoms with E-state index in [-0.39, 0.29) is 11.7 Å². The van der Waals surface area contributed by atoms with Crippen molar-refractivity contribution in [3.63, 3.8) is 0 Å². The third kappa shape index (κ3) is 4.59. The number of carbonyl (C=O) groups is 1. The molecule has 1 amide bonds. The van der Waals surface area contributed by atoms with Crippen LogP contribution in [0.4, 0.5) is 4.39 Å². The maximum atomic E-state index is 13.3. The van der Waals surface area contributed by atoms with E-state index in [1.807, 2.05) is 54.6 Å². The number of nitrogens with one attached hydrogen (secondary N) is 2. The van der Waals surface area contributed by atoms with Gasteiger partial charge in [-0.1, -0.05) is 48.2 Å². The van der Waals surface area contributed by atoms with Gasteiger partial charge in [-0.15, -0.1) is 0 Å². The quantitative estimate of drug-likeness (QED) is 0.454. The first-order valence-electron chi connectivity index (χ1n) is 9.87. The van der Waals surface area contributed by atoms with Crippen molar-refractivity contribution in [2.45, 2.75) is 12.8 Å². The summed E-state index contributed by atoms with van der Waals surface area (Å²) in [7, 11) is 0. The van der Waals surface area contributed by atoms with E-state index in [0.717, 1.165) is 33.3 Å². The van der Waals surface area contributed by atoms with E-state index in [0.29, 0.717) is 19.4 Å². The lowest BCUT2D eigenvalue weighted by atomic mass is 10.0. The van der Waals surface area contributed by atoms with Crippen LogP contribution in [-0.2, 0) is 11.2 Å². The molecule has 2 N–H and O–H groups in total. The maximum absolute atomic E-state index is 13.3. The number of aromatic nitrogens is 1.